The smallest absolute Gasteiger partial charge is 0.0685 e. The van der Waals surface area contributed by atoms with Gasteiger partial charge in [-0.2, -0.15) is 5.06 Å². The molecule has 0 unspecified atom stereocenters. The van der Waals surface area contributed by atoms with Gasteiger partial charge < -0.3 is 0 Å². The minimum atomic E-state index is 0.909. The average Bonchev–Trinajstić information content (AvgIpc) is 2.34. The van der Waals surface area contributed by atoms with Gasteiger partial charge in [-0.1, -0.05) is 59.3 Å². The molecule has 0 fully saturated rings. The average molecular weight is 243 g/mol. The van der Waals surface area contributed by atoms with Gasteiger partial charge in [-0.05, 0) is 19.3 Å². The highest BCUT2D eigenvalue weighted by atomic mass is 16.7. The molecule has 0 bridgehead atoms. The zero-order chi connectivity index (χ0) is 12.8. The minimum Gasteiger partial charge on any atom is -0.299 e. The summed E-state index contributed by atoms with van der Waals surface area (Å²) in [6, 6.07) is 0. The van der Waals surface area contributed by atoms with Crippen LogP contribution in [0.4, 0.5) is 0 Å². The second-order valence-electron chi connectivity index (χ2n) is 4.88. The Morgan fingerprint density at radius 2 is 1.12 bits per heavy atom. The molecule has 0 spiro atoms. The van der Waals surface area contributed by atoms with Crippen molar-refractivity contribution in [2.45, 2.75) is 78.6 Å². The van der Waals surface area contributed by atoms with E-state index in [4.69, 9.17) is 4.84 Å². The van der Waals surface area contributed by atoms with Gasteiger partial charge in [0.15, 0.2) is 0 Å². The highest BCUT2D eigenvalue weighted by Gasteiger charge is 2.04. The van der Waals surface area contributed by atoms with Crippen LogP contribution in [0.15, 0.2) is 0 Å². The van der Waals surface area contributed by atoms with Crippen LogP contribution in [0, 0.1) is 0 Å². The first-order valence-electron chi connectivity index (χ1n) is 7.73. The van der Waals surface area contributed by atoms with Crippen LogP contribution in [0.2, 0.25) is 0 Å². The van der Waals surface area contributed by atoms with E-state index in [0.717, 1.165) is 19.7 Å². The van der Waals surface area contributed by atoms with Gasteiger partial charge in [0.25, 0.3) is 0 Å². The predicted octanol–water partition coefficient (Wildman–Crippen LogP) is 4.79. The molecule has 0 aliphatic carbocycles. The van der Waals surface area contributed by atoms with E-state index in [0.29, 0.717) is 0 Å². The van der Waals surface area contributed by atoms with Crippen molar-refractivity contribution in [2.75, 3.05) is 19.7 Å². The molecule has 0 atom stereocenters. The molecule has 0 aliphatic rings. The topological polar surface area (TPSA) is 12.5 Å². The van der Waals surface area contributed by atoms with Crippen molar-refractivity contribution in [2.24, 2.45) is 0 Å². The third-order valence-corrected chi connectivity index (χ3v) is 3.04. The van der Waals surface area contributed by atoms with E-state index >= 15 is 0 Å². The molecule has 0 aromatic rings. The molecular formula is C15H33NO. The fourth-order valence-corrected chi connectivity index (χ4v) is 1.86. The molecule has 0 saturated heterocycles. The zero-order valence-corrected chi connectivity index (χ0v) is 12.3. The first-order valence-corrected chi connectivity index (χ1v) is 7.73. The Kier molecular flexibility index (Phi) is 13.9. The number of unbranched alkanes of at least 4 members (excludes halogenated alkanes) is 6. The van der Waals surface area contributed by atoms with E-state index in [1.54, 1.807) is 0 Å². The molecule has 0 saturated carbocycles. The van der Waals surface area contributed by atoms with Crippen LogP contribution in [0.3, 0.4) is 0 Å². The van der Waals surface area contributed by atoms with Gasteiger partial charge >= 0.3 is 0 Å². The van der Waals surface area contributed by atoms with Crippen LogP contribution in [0.1, 0.15) is 78.6 Å². The lowest BCUT2D eigenvalue weighted by molar-refractivity contribution is -0.161. The summed E-state index contributed by atoms with van der Waals surface area (Å²) < 4.78 is 0. The van der Waals surface area contributed by atoms with Crippen molar-refractivity contribution in [1.82, 2.24) is 5.06 Å². The van der Waals surface area contributed by atoms with E-state index < -0.39 is 0 Å². The standard InChI is InChI=1S/C15H33NO/c1-4-7-10-13-16(14-11-8-5-2)17-15-12-9-6-3/h4-15H2,1-3H3. The Hall–Kier alpha value is -0.0800. The van der Waals surface area contributed by atoms with E-state index in [-0.39, 0.29) is 0 Å². The summed E-state index contributed by atoms with van der Waals surface area (Å²) in [6.45, 7) is 9.88. The SMILES string of the molecule is CCCCCON(CCCCC)CCCCC. The Morgan fingerprint density at radius 1 is 0.647 bits per heavy atom. The summed E-state index contributed by atoms with van der Waals surface area (Å²) in [5.41, 5.74) is 0. The molecule has 0 aromatic heterocycles. The molecule has 17 heavy (non-hydrogen) atoms. The quantitative estimate of drug-likeness (QED) is 0.340. The Labute approximate surface area is 109 Å². The lowest BCUT2D eigenvalue weighted by atomic mass is 10.2. The molecule has 0 heterocycles. The van der Waals surface area contributed by atoms with Gasteiger partial charge in [-0.25, -0.2) is 0 Å². The molecule has 0 amide bonds. The molecule has 104 valence electrons. The largest absolute Gasteiger partial charge is 0.299 e. The minimum absolute atomic E-state index is 0.909. The number of hydroxylamine groups is 2. The number of nitrogens with zero attached hydrogens (tertiary/aromatic N) is 1. The molecule has 0 aliphatic heterocycles. The summed E-state index contributed by atoms with van der Waals surface area (Å²) >= 11 is 0. The Morgan fingerprint density at radius 3 is 1.59 bits per heavy atom. The molecule has 2 heteroatoms. The van der Waals surface area contributed by atoms with Crippen molar-refractivity contribution in [3.63, 3.8) is 0 Å². The van der Waals surface area contributed by atoms with Crippen molar-refractivity contribution >= 4 is 0 Å². The maximum atomic E-state index is 5.87. The van der Waals surface area contributed by atoms with Crippen molar-refractivity contribution < 1.29 is 4.84 Å². The molecule has 0 N–H and O–H groups in total. The summed E-state index contributed by atoms with van der Waals surface area (Å²) in [5, 5.41) is 2.21. The third kappa shape index (κ3) is 12.2. The summed E-state index contributed by atoms with van der Waals surface area (Å²) in [7, 11) is 0. The zero-order valence-electron chi connectivity index (χ0n) is 12.3. The second kappa shape index (κ2) is 14.0. The lowest BCUT2D eigenvalue weighted by Gasteiger charge is -2.21. The fraction of sp³-hybridized carbons (Fsp3) is 1.00. The Balaban J connectivity index is 3.60. The monoisotopic (exact) mass is 243 g/mol. The van der Waals surface area contributed by atoms with Crippen LogP contribution in [-0.2, 0) is 4.84 Å². The first kappa shape index (κ1) is 16.9. The number of hydrogen-bond donors (Lipinski definition) is 0. The highest BCUT2D eigenvalue weighted by molar-refractivity contribution is 4.49. The maximum Gasteiger partial charge on any atom is 0.0685 e. The van der Waals surface area contributed by atoms with E-state index in [2.05, 4.69) is 25.8 Å². The fourth-order valence-electron chi connectivity index (χ4n) is 1.86. The van der Waals surface area contributed by atoms with Gasteiger partial charge in [-0.3, -0.25) is 4.84 Å². The normalized spacial score (nSPS) is 11.3. The molecule has 0 rings (SSSR count). The first-order chi connectivity index (χ1) is 8.35. The van der Waals surface area contributed by atoms with Crippen LogP contribution in [0.25, 0.3) is 0 Å². The van der Waals surface area contributed by atoms with Crippen LogP contribution < -0.4 is 0 Å². The van der Waals surface area contributed by atoms with E-state index in [9.17, 15) is 0 Å². The number of rotatable bonds is 13. The maximum absolute atomic E-state index is 5.87. The van der Waals surface area contributed by atoms with Gasteiger partial charge in [0.1, 0.15) is 0 Å². The van der Waals surface area contributed by atoms with Gasteiger partial charge in [0.2, 0.25) is 0 Å². The van der Waals surface area contributed by atoms with Gasteiger partial charge in [0.05, 0.1) is 6.61 Å². The molecule has 0 radical (unpaired) electrons. The van der Waals surface area contributed by atoms with E-state index in [1.807, 2.05) is 0 Å². The van der Waals surface area contributed by atoms with Crippen molar-refractivity contribution in [3.05, 3.63) is 0 Å². The van der Waals surface area contributed by atoms with Crippen LogP contribution >= 0.6 is 0 Å². The van der Waals surface area contributed by atoms with Crippen LogP contribution in [-0.4, -0.2) is 24.8 Å². The predicted molar refractivity (Wildman–Crippen MR) is 76.1 cm³/mol. The van der Waals surface area contributed by atoms with Gasteiger partial charge in [0, 0.05) is 13.1 Å². The van der Waals surface area contributed by atoms with E-state index in [1.165, 1.54) is 57.8 Å². The summed E-state index contributed by atoms with van der Waals surface area (Å²) in [4.78, 5) is 5.87. The van der Waals surface area contributed by atoms with Crippen LogP contribution in [0.5, 0.6) is 0 Å². The number of hydrogen-bond acceptors (Lipinski definition) is 2. The molecule has 0 aromatic carbocycles. The Bertz CT molecular complexity index is 129. The van der Waals surface area contributed by atoms with Gasteiger partial charge in [-0.15, -0.1) is 0 Å². The third-order valence-electron chi connectivity index (χ3n) is 3.04. The lowest BCUT2D eigenvalue weighted by Crippen LogP contribution is -2.27. The molecule has 2 nitrogen and oxygen atoms in total. The van der Waals surface area contributed by atoms with Crippen molar-refractivity contribution in [1.29, 1.82) is 0 Å². The van der Waals surface area contributed by atoms with Crippen molar-refractivity contribution in [3.8, 4) is 0 Å². The second-order valence-corrected chi connectivity index (χ2v) is 4.88. The summed E-state index contributed by atoms with van der Waals surface area (Å²) in [6.07, 6.45) is 11.5. The highest BCUT2D eigenvalue weighted by Crippen LogP contribution is 2.05. The molecular weight excluding hydrogens is 210 g/mol. The summed E-state index contributed by atoms with van der Waals surface area (Å²) in [5.74, 6) is 0.